The van der Waals surface area contributed by atoms with Crippen LogP contribution in [-0.4, -0.2) is 58.5 Å². The number of aldehydes is 3. The van der Waals surface area contributed by atoms with Crippen molar-refractivity contribution >= 4 is 18.9 Å². The van der Waals surface area contributed by atoms with Crippen molar-refractivity contribution < 1.29 is 28.6 Å². The summed E-state index contributed by atoms with van der Waals surface area (Å²) in [5.41, 5.74) is 0. The van der Waals surface area contributed by atoms with E-state index in [1.807, 2.05) is 0 Å². The molecule has 0 aliphatic carbocycles. The van der Waals surface area contributed by atoms with Crippen LogP contribution in [0.3, 0.4) is 0 Å². The molecule has 0 aromatic rings. The zero-order chi connectivity index (χ0) is 14.2. The first-order valence-corrected chi connectivity index (χ1v) is 6.39. The van der Waals surface area contributed by atoms with Gasteiger partial charge in [-0.15, -0.1) is 0 Å². The lowest BCUT2D eigenvalue weighted by Gasteiger charge is -2.16. The van der Waals surface area contributed by atoms with Crippen molar-refractivity contribution in [1.82, 2.24) is 0 Å². The van der Waals surface area contributed by atoms with Crippen LogP contribution in [-0.2, 0) is 28.6 Å². The number of rotatable bonds is 15. The highest BCUT2D eigenvalue weighted by atomic mass is 16.5. The molecule has 6 nitrogen and oxygen atoms in total. The molecule has 0 amide bonds. The summed E-state index contributed by atoms with van der Waals surface area (Å²) in [5.74, 6) is 0.0324. The predicted molar refractivity (Wildman–Crippen MR) is 68.0 cm³/mol. The van der Waals surface area contributed by atoms with Gasteiger partial charge in [-0.2, -0.15) is 0 Å². The molecule has 0 aromatic heterocycles. The van der Waals surface area contributed by atoms with Crippen LogP contribution >= 0.6 is 0 Å². The maximum Gasteiger partial charge on any atom is 0.122 e. The lowest BCUT2D eigenvalue weighted by molar-refractivity contribution is -0.109. The number of hydrogen-bond acceptors (Lipinski definition) is 6. The maximum atomic E-state index is 10.1. The van der Waals surface area contributed by atoms with Gasteiger partial charge >= 0.3 is 0 Å². The molecule has 0 aliphatic rings. The van der Waals surface area contributed by atoms with Gasteiger partial charge in [-0.1, -0.05) is 0 Å². The molecule has 110 valence electrons. The number of carbonyl (C=O) groups excluding carboxylic acids is 3. The van der Waals surface area contributed by atoms with E-state index in [1.54, 1.807) is 0 Å². The smallest absolute Gasteiger partial charge is 0.122 e. The van der Waals surface area contributed by atoms with Gasteiger partial charge in [0.25, 0.3) is 0 Å². The van der Waals surface area contributed by atoms with Crippen LogP contribution in [0, 0.1) is 5.92 Å². The van der Waals surface area contributed by atoms with E-state index >= 15 is 0 Å². The minimum atomic E-state index is 0.0324. The lowest BCUT2D eigenvalue weighted by atomic mass is 10.2. The summed E-state index contributed by atoms with van der Waals surface area (Å²) in [6.45, 7) is 2.41. The fraction of sp³-hybridized carbons (Fsp3) is 0.769. The third-order valence-electron chi connectivity index (χ3n) is 2.20. The third-order valence-corrected chi connectivity index (χ3v) is 2.20. The standard InChI is InChI=1S/C13H22O6/c14-4-1-7-17-10-13(11-18-8-2-5-15)12-19-9-3-6-16/h4-6,13H,1-3,7-12H2. The Balaban J connectivity index is 3.74. The predicted octanol–water partition coefficient (Wildman–Crippen LogP) is 0.419. The summed E-state index contributed by atoms with van der Waals surface area (Å²) in [6, 6.07) is 0. The maximum absolute atomic E-state index is 10.1. The molecule has 0 spiro atoms. The minimum Gasteiger partial charge on any atom is -0.381 e. The van der Waals surface area contributed by atoms with Gasteiger partial charge < -0.3 is 28.6 Å². The molecule has 0 bridgehead atoms. The normalized spacial score (nSPS) is 10.6. The van der Waals surface area contributed by atoms with E-state index in [1.165, 1.54) is 0 Å². The Morgan fingerprint density at radius 1 is 0.632 bits per heavy atom. The lowest BCUT2D eigenvalue weighted by Crippen LogP contribution is -2.23. The van der Waals surface area contributed by atoms with Crippen molar-refractivity contribution in [3.05, 3.63) is 0 Å². The molecule has 0 fully saturated rings. The van der Waals surface area contributed by atoms with E-state index in [-0.39, 0.29) is 5.92 Å². The zero-order valence-corrected chi connectivity index (χ0v) is 11.1. The molecule has 0 atom stereocenters. The molecule has 0 radical (unpaired) electrons. The summed E-state index contributed by atoms with van der Waals surface area (Å²) < 4.78 is 16.0. The van der Waals surface area contributed by atoms with Crippen molar-refractivity contribution in [3.63, 3.8) is 0 Å². The van der Waals surface area contributed by atoms with Crippen molar-refractivity contribution in [3.8, 4) is 0 Å². The van der Waals surface area contributed by atoms with E-state index < -0.39 is 0 Å². The van der Waals surface area contributed by atoms with Gasteiger partial charge in [-0.3, -0.25) is 0 Å². The summed E-state index contributed by atoms with van der Waals surface area (Å²) in [5, 5.41) is 0. The van der Waals surface area contributed by atoms with Gasteiger partial charge in [0.05, 0.1) is 39.6 Å². The van der Waals surface area contributed by atoms with E-state index in [0.717, 1.165) is 18.9 Å². The van der Waals surface area contributed by atoms with Gasteiger partial charge in [-0.05, 0) is 0 Å². The Morgan fingerprint density at radius 2 is 0.947 bits per heavy atom. The largest absolute Gasteiger partial charge is 0.381 e. The molecule has 0 unspecified atom stereocenters. The van der Waals surface area contributed by atoms with Gasteiger partial charge in [-0.25, -0.2) is 0 Å². The SMILES string of the molecule is O=CCCOCC(COCCC=O)COCCC=O. The van der Waals surface area contributed by atoms with E-state index in [2.05, 4.69) is 0 Å². The first-order chi connectivity index (χ1) is 9.35. The van der Waals surface area contributed by atoms with E-state index in [4.69, 9.17) is 14.2 Å². The van der Waals surface area contributed by atoms with Gasteiger partial charge in [0.1, 0.15) is 18.9 Å². The number of hydrogen-bond donors (Lipinski definition) is 0. The van der Waals surface area contributed by atoms with Crippen molar-refractivity contribution in [2.24, 2.45) is 5.92 Å². The second-order valence-corrected chi connectivity index (χ2v) is 3.96. The molecule has 0 rings (SSSR count). The summed E-state index contributed by atoms with van der Waals surface area (Å²) in [4.78, 5) is 30.4. The second-order valence-electron chi connectivity index (χ2n) is 3.96. The number of ether oxygens (including phenoxy) is 3. The zero-order valence-electron chi connectivity index (χ0n) is 11.1. The monoisotopic (exact) mass is 274 g/mol. The topological polar surface area (TPSA) is 78.9 Å². The highest BCUT2D eigenvalue weighted by Crippen LogP contribution is 2.02. The molecule has 0 heterocycles. The molecule has 0 N–H and O–H groups in total. The van der Waals surface area contributed by atoms with Gasteiger partial charge in [0, 0.05) is 25.2 Å². The average Bonchev–Trinajstić information content (AvgIpc) is 2.43. The summed E-state index contributed by atoms with van der Waals surface area (Å²) in [6.07, 6.45) is 3.50. The molecule has 0 aromatic carbocycles. The molecule has 0 saturated carbocycles. The van der Waals surface area contributed by atoms with E-state index in [9.17, 15) is 14.4 Å². The quantitative estimate of drug-likeness (QED) is 0.318. The Bertz CT molecular complexity index is 193. The minimum absolute atomic E-state index is 0.0324. The van der Waals surface area contributed by atoms with Crippen LogP contribution < -0.4 is 0 Å². The third kappa shape index (κ3) is 13.1. The van der Waals surface area contributed by atoms with Crippen LogP contribution in [0.2, 0.25) is 0 Å². The van der Waals surface area contributed by atoms with Crippen LogP contribution in [0.4, 0.5) is 0 Å². The van der Waals surface area contributed by atoms with E-state index in [0.29, 0.717) is 58.9 Å². The Kier molecular flexibility index (Phi) is 14.1. The molecule has 0 aliphatic heterocycles. The van der Waals surface area contributed by atoms with Gasteiger partial charge in [0.15, 0.2) is 0 Å². The van der Waals surface area contributed by atoms with Crippen molar-refractivity contribution in [1.29, 1.82) is 0 Å². The molecular formula is C13H22O6. The van der Waals surface area contributed by atoms with Crippen LogP contribution in [0.5, 0.6) is 0 Å². The van der Waals surface area contributed by atoms with Crippen molar-refractivity contribution in [2.45, 2.75) is 19.3 Å². The molecular weight excluding hydrogens is 252 g/mol. The van der Waals surface area contributed by atoms with Crippen LogP contribution in [0.1, 0.15) is 19.3 Å². The van der Waals surface area contributed by atoms with Crippen molar-refractivity contribution in [2.75, 3.05) is 39.6 Å². The highest BCUT2D eigenvalue weighted by molar-refractivity contribution is 5.49. The average molecular weight is 274 g/mol. The summed E-state index contributed by atoms with van der Waals surface area (Å²) >= 11 is 0. The highest BCUT2D eigenvalue weighted by Gasteiger charge is 2.10. The molecule has 6 heteroatoms. The first kappa shape index (κ1) is 17.9. The summed E-state index contributed by atoms with van der Waals surface area (Å²) in [7, 11) is 0. The Morgan fingerprint density at radius 3 is 1.21 bits per heavy atom. The fourth-order valence-corrected chi connectivity index (χ4v) is 1.29. The first-order valence-electron chi connectivity index (χ1n) is 6.39. The Labute approximate surface area is 113 Å². The van der Waals surface area contributed by atoms with Crippen LogP contribution in [0.15, 0.2) is 0 Å². The Hall–Kier alpha value is -1.11. The van der Waals surface area contributed by atoms with Crippen LogP contribution in [0.25, 0.3) is 0 Å². The second kappa shape index (κ2) is 14.9. The fourth-order valence-electron chi connectivity index (χ4n) is 1.29. The molecule has 0 saturated heterocycles. The van der Waals surface area contributed by atoms with Gasteiger partial charge in [0.2, 0.25) is 0 Å². The number of carbonyl (C=O) groups is 3. The molecule has 19 heavy (non-hydrogen) atoms.